The van der Waals surface area contributed by atoms with Crippen molar-refractivity contribution in [3.05, 3.63) is 34.4 Å². The molecule has 3 rings (SSSR count). The Balaban J connectivity index is 1.88. The molecule has 0 bridgehead atoms. The van der Waals surface area contributed by atoms with Gasteiger partial charge in [-0.1, -0.05) is 28.9 Å². The van der Waals surface area contributed by atoms with Crippen LogP contribution in [0.3, 0.4) is 0 Å². The van der Waals surface area contributed by atoms with Crippen molar-refractivity contribution in [3.63, 3.8) is 0 Å². The van der Waals surface area contributed by atoms with Crippen molar-refractivity contribution >= 4 is 0 Å². The van der Waals surface area contributed by atoms with Crippen LogP contribution in [0.4, 0.5) is 0 Å². The summed E-state index contributed by atoms with van der Waals surface area (Å²) in [4.78, 5) is 0. The van der Waals surface area contributed by atoms with E-state index in [0.29, 0.717) is 0 Å². The second-order valence-electron chi connectivity index (χ2n) is 4.36. The molecule has 13 heavy (non-hydrogen) atoms. The fraction of sp³-hybridized carbons (Fsp3) is 0.500. The number of hydrogen-bond donors (Lipinski definition) is 1. The molecule has 3 aliphatic carbocycles. The van der Waals surface area contributed by atoms with Gasteiger partial charge in [0.15, 0.2) is 0 Å². The molecule has 0 aromatic rings. The summed E-state index contributed by atoms with van der Waals surface area (Å²) in [5.74, 6) is 0. The number of aliphatic hydroxyl groups excluding tert-OH is 1. The predicted molar refractivity (Wildman–Crippen MR) is 52.3 cm³/mol. The fourth-order valence-electron chi connectivity index (χ4n) is 2.77. The smallest absolute Gasteiger partial charge is 0.0614 e. The Bertz CT molecular complexity index is 344. The minimum absolute atomic E-state index is 0.0750. The Hall–Kier alpha value is -0.820. The molecular weight excluding hydrogens is 160 g/mol. The largest absolute Gasteiger partial charge is 0.392 e. The van der Waals surface area contributed by atoms with Crippen LogP contribution in [0.25, 0.3) is 0 Å². The first-order chi connectivity index (χ1) is 6.33. The van der Waals surface area contributed by atoms with Crippen LogP contribution in [0.15, 0.2) is 34.4 Å². The zero-order valence-electron chi connectivity index (χ0n) is 7.71. The lowest BCUT2D eigenvalue weighted by molar-refractivity contribution is 0.185. The summed E-state index contributed by atoms with van der Waals surface area (Å²) in [5.41, 5.74) is 6.20. The van der Waals surface area contributed by atoms with E-state index in [4.69, 9.17) is 0 Å². The number of allylic oxidation sites excluding steroid dienone is 4. The van der Waals surface area contributed by atoms with Crippen LogP contribution in [-0.4, -0.2) is 11.2 Å². The van der Waals surface area contributed by atoms with E-state index in [1.165, 1.54) is 16.7 Å². The van der Waals surface area contributed by atoms with E-state index in [9.17, 15) is 5.11 Å². The van der Waals surface area contributed by atoms with E-state index in [1.54, 1.807) is 5.57 Å². The molecule has 1 nitrogen and oxygen atoms in total. The van der Waals surface area contributed by atoms with Crippen LogP contribution < -0.4 is 0 Å². The topological polar surface area (TPSA) is 20.2 Å². The molecule has 0 aliphatic heterocycles. The quantitative estimate of drug-likeness (QED) is 0.559. The molecule has 1 N–H and O–H groups in total. The molecule has 0 aromatic heterocycles. The first kappa shape index (κ1) is 7.57. The van der Waals surface area contributed by atoms with Crippen molar-refractivity contribution in [2.24, 2.45) is 0 Å². The predicted octanol–water partition coefficient (Wildman–Crippen LogP) is 2.49. The van der Waals surface area contributed by atoms with E-state index < -0.39 is 0 Å². The molecule has 0 radical (unpaired) electrons. The molecule has 1 atom stereocenters. The van der Waals surface area contributed by atoms with Gasteiger partial charge in [-0.25, -0.2) is 0 Å². The Morgan fingerprint density at radius 3 is 2.69 bits per heavy atom. The van der Waals surface area contributed by atoms with E-state index in [-0.39, 0.29) is 6.10 Å². The molecule has 0 saturated heterocycles. The molecule has 0 spiro atoms. The zero-order valence-corrected chi connectivity index (χ0v) is 7.71. The van der Waals surface area contributed by atoms with E-state index in [1.807, 2.05) is 0 Å². The first-order valence-corrected chi connectivity index (χ1v) is 5.08. The first-order valence-electron chi connectivity index (χ1n) is 5.08. The Morgan fingerprint density at radius 2 is 1.85 bits per heavy atom. The van der Waals surface area contributed by atoms with Gasteiger partial charge in [0.25, 0.3) is 0 Å². The average molecular weight is 174 g/mol. The zero-order chi connectivity index (χ0) is 8.84. The lowest BCUT2D eigenvalue weighted by Crippen LogP contribution is -1.98. The third-order valence-electron chi connectivity index (χ3n) is 3.43. The van der Waals surface area contributed by atoms with Crippen molar-refractivity contribution in [3.8, 4) is 0 Å². The van der Waals surface area contributed by atoms with Crippen LogP contribution in [0.2, 0.25) is 0 Å². The lowest BCUT2D eigenvalue weighted by atomic mass is 9.89. The molecule has 0 aromatic carbocycles. The molecule has 1 heteroatoms. The summed E-state index contributed by atoms with van der Waals surface area (Å²) in [6, 6.07) is 0. The molecule has 0 fully saturated rings. The van der Waals surface area contributed by atoms with Crippen LogP contribution >= 0.6 is 0 Å². The highest BCUT2D eigenvalue weighted by atomic mass is 16.3. The van der Waals surface area contributed by atoms with E-state index >= 15 is 0 Å². The second kappa shape index (κ2) is 2.58. The summed E-state index contributed by atoms with van der Waals surface area (Å²) >= 11 is 0. The second-order valence-corrected chi connectivity index (χ2v) is 4.36. The van der Waals surface area contributed by atoms with Gasteiger partial charge in [-0.05, 0) is 37.7 Å². The maximum atomic E-state index is 9.55. The van der Waals surface area contributed by atoms with Gasteiger partial charge >= 0.3 is 0 Å². The highest BCUT2D eigenvalue weighted by Gasteiger charge is 2.28. The number of rotatable bonds is 0. The summed E-state index contributed by atoms with van der Waals surface area (Å²) in [5, 5.41) is 9.55. The van der Waals surface area contributed by atoms with E-state index in [2.05, 4.69) is 12.2 Å². The third-order valence-corrected chi connectivity index (χ3v) is 3.43. The average Bonchev–Trinajstić information content (AvgIpc) is 2.63. The molecular formula is C12H14O. The van der Waals surface area contributed by atoms with Crippen molar-refractivity contribution in [2.45, 2.75) is 38.2 Å². The third kappa shape index (κ3) is 1.11. The summed E-state index contributed by atoms with van der Waals surface area (Å²) in [6.07, 6.45) is 9.75. The highest BCUT2D eigenvalue weighted by molar-refractivity contribution is 5.46. The van der Waals surface area contributed by atoms with Gasteiger partial charge in [-0.2, -0.15) is 0 Å². The van der Waals surface area contributed by atoms with Crippen LogP contribution in [0, 0.1) is 0 Å². The van der Waals surface area contributed by atoms with Gasteiger partial charge in [0.1, 0.15) is 0 Å². The van der Waals surface area contributed by atoms with Crippen LogP contribution in [-0.2, 0) is 0 Å². The summed E-state index contributed by atoms with van der Waals surface area (Å²) in [7, 11) is 0. The van der Waals surface area contributed by atoms with Crippen molar-refractivity contribution in [2.75, 3.05) is 0 Å². The van der Waals surface area contributed by atoms with Gasteiger partial charge in [0.05, 0.1) is 6.10 Å². The van der Waals surface area contributed by atoms with Gasteiger partial charge in [0.2, 0.25) is 0 Å². The highest BCUT2D eigenvalue weighted by Crippen LogP contribution is 2.42. The summed E-state index contributed by atoms with van der Waals surface area (Å²) in [6.45, 7) is 0. The van der Waals surface area contributed by atoms with Gasteiger partial charge in [-0.15, -0.1) is 0 Å². The monoisotopic (exact) mass is 174 g/mol. The summed E-state index contributed by atoms with van der Waals surface area (Å²) < 4.78 is 0. The van der Waals surface area contributed by atoms with E-state index in [0.717, 1.165) is 32.1 Å². The van der Waals surface area contributed by atoms with Gasteiger partial charge in [0, 0.05) is 0 Å². The number of hydrogen-bond acceptors (Lipinski definition) is 1. The molecule has 68 valence electrons. The van der Waals surface area contributed by atoms with Gasteiger partial charge < -0.3 is 5.11 Å². The Morgan fingerprint density at radius 1 is 1.08 bits per heavy atom. The molecule has 1 unspecified atom stereocenters. The van der Waals surface area contributed by atoms with Gasteiger partial charge in [-0.3, -0.25) is 0 Å². The van der Waals surface area contributed by atoms with Crippen molar-refractivity contribution in [1.82, 2.24) is 0 Å². The minimum Gasteiger partial charge on any atom is -0.392 e. The molecule has 3 aliphatic rings. The van der Waals surface area contributed by atoms with Crippen LogP contribution in [0.5, 0.6) is 0 Å². The van der Waals surface area contributed by atoms with Crippen LogP contribution in [0.1, 0.15) is 32.1 Å². The van der Waals surface area contributed by atoms with Crippen molar-refractivity contribution < 1.29 is 5.11 Å². The number of aliphatic hydroxyl groups is 1. The maximum Gasteiger partial charge on any atom is 0.0614 e. The standard InChI is InChI=1S/C12H14O/c13-12-6-10-4-8-2-1-3-9(8)5-11(10)7-12/h1-2,12-13H,3-7H2. The normalized spacial score (nSPS) is 31.3. The SMILES string of the molecule is OC1CC2=C(CC3=C(C=CC3)C2)C1. The molecule has 0 heterocycles. The Labute approximate surface area is 78.5 Å². The maximum absolute atomic E-state index is 9.55. The molecule has 0 saturated carbocycles. The fourth-order valence-corrected chi connectivity index (χ4v) is 2.77. The van der Waals surface area contributed by atoms with Crippen molar-refractivity contribution in [1.29, 1.82) is 0 Å². The molecule has 0 amide bonds. The lowest BCUT2D eigenvalue weighted by Gasteiger charge is -2.16. The minimum atomic E-state index is -0.0750. The Kier molecular flexibility index (Phi) is 1.50.